The van der Waals surface area contributed by atoms with E-state index in [1.54, 1.807) is 0 Å². The second-order valence-electron chi connectivity index (χ2n) is 5.60. The fourth-order valence-electron chi connectivity index (χ4n) is 2.64. The van der Waals surface area contributed by atoms with E-state index in [0.717, 1.165) is 5.56 Å². The molecule has 3 nitrogen and oxygen atoms in total. The normalized spacial score (nSPS) is 35.3. The molecule has 0 bridgehead atoms. The first-order valence-electron chi connectivity index (χ1n) is 7.05. The van der Waals surface area contributed by atoms with E-state index >= 15 is 0 Å². The summed E-state index contributed by atoms with van der Waals surface area (Å²) in [5.74, 6) is 1.17. The van der Waals surface area contributed by atoms with Crippen LogP contribution >= 0.6 is 0 Å². The summed E-state index contributed by atoms with van der Waals surface area (Å²) in [5.41, 5.74) is 1.14. The quantitative estimate of drug-likeness (QED) is 0.909. The van der Waals surface area contributed by atoms with Gasteiger partial charge in [-0.25, -0.2) is 0 Å². The summed E-state index contributed by atoms with van der Waals surface area (Å²) in [6, 6.07) is 10.1. The highest BCUT2D eigenvalue weighted by molar-refractivity contribution is 5.13. The van der Waals surface area contributed by atoms with E-state index in [4.69, 9.17) is 9.47 Å². The molecule has 1 aliphatic rings. The van der Waals surface area contributed by atoms with Crippen LogP contribution in [0.3, 0.4) is 0 Å². The van der Waals surface area contributed by atoms with E-state index in [1.807, 2.05) is 30.3 Å². The zero-order valence-electron chi connectivity index (χ0n) is 12.0. The van der Waals surface area contributed by atoms with Crippen molar-refractivity contribution < 1.29 is 14.6 Å². The van der Waals surface area contributed by atoms with Crippen molar-refractivity contribution in [3.8, 4) is 0 Å². The van der Waals surface area contributed by atoms with Crippen molar-refractivity contribution in [2.75, 3.05) is 6.61 Å². The molecule has 19 heavy (non-hydrogen) atoms. The van der Waals surface area contributed by atoms with E-state index in [0.29, 0.717) is 24.4 Å². The van der Waals surface area contributed by atoms with Crippen LogP contribution < -0.4 is 0 Å². The highest BCUT2D eigenvalue weighted by Crippen LogP contribution is 2.35. The molecule has 0 aromatic heterocycles. The number of rotatable bonds is 4. The molecule has 1 N–H and O–H groups in total. The van der Waals surface area contributed by atoms with Crippen LogP contribution in [0.5, 0.6) is 0 Å². The van der Waals surface area contributed by atoms with Gasteiger partial charge in [0.25, 0.3) is 0 Å². The molecule has 1 aliphatic heterocycles. The molecule has 2 unspecified atom stereocenters. The van der Waals surface area contributed by atoms with Gasteiger partial charge in [-0.2, -0.15) is 0 Å². The molecule has 1 saturated heterocycles. The third-order valence-electron chi connectivity index (χ3n) is 4.42. The summed E-state index contributed by atoms with van der Waals surface area (Å²) >= 11 is 0. The van der Waals surface area contributed by atoms with Gasteiger partial charge in [-0.3, -0.25) is 0 Å². The van der Waals surface area contributed by atoms with E-state index in [-0.39, 0.29) is 19.0 Å². The number of hydrogen-bond donors (Lipinski definition) is 1. The van der Waals surface area contributed by atoms with Gasteiger partial charge in [-0.1, -0.05) is 51.1 Å². The zero-order valence-corrected chi connectivity index (χ0v) is 12.0. The molecule has 0 spiro atoms. The molecular formula is C16H24O3. The van der Waals surface area contributed by atoms with Crippen molar-refractivity contribution in [3.05, 3.63) is 35.9 Å². The van der Waals surface area contributed by atoms with E-state index < -0.39 is 0 Å². The summed E-state index contributed by atoms with van der Waals surface area (Å²) in [6.07, 6.45) is -0.351. The average Bonchev–Trinajstić information content (AvgIpc) is 2.45. The highest BCUT2D eigenvalue weighted by Gasteiger charge is 2.39. The fraction of sp³-hybridized carbons (Fsp3) is 0.625. The molecule has 0 amide bonds. The Morgan fingerprint density at radius 3 is 2.37 bits per heavy atom. The zero-order chi connectivity index (χ0) is 13.8. The van der Waals surface area contributed by atoms with Crippen molar-refractivity contribution in [1.29, 1.82) is 0 Å². The van der Waals surface area contributed by atoms with Gasteiger partial charge < -0.3 is 14.6 Å². The second kappa shape index (κ2) is 6.51. The molecule has 0 aliphatic carbocycles. The molecule has 0 radical (unpaired) electrons. The molecule has 106 valence electrons. The van der Waals surface area contributed by atoms with E-state index in [1.165, 1.54) is 0 Å². The molecule has 3 heteroatoms. The molecule has 1 heterocycles. The Hall–Kier alpha value is -0.900. The summed E-state index contributed by atoms with van der Waals surface area (Å²) in [4.78, 5) is 0. The Morgan fingerprint density at radius 2 is 1.74 bits per heavy atom. The number of aliphatic hydroxyl groups is 1. The van der Waals surface area contributed by atoms with Crippen molar-refractivity contribution in [3.63, 3.8) is 0 Å². The standard InChI is InChI=1S/C16H24O3/c1-11-12(2)15(9-17)19-16(13(11)3)18-10-14-7-5-4-6-8-14/h4-8,11-13,15-17H,9-10H2,1-3H3/t11-,12-,13?,15?,16-/m0/s1. The Bertz CT molecular complexity index is 377. The molecular weight excluding hydrogens is 240 g/mol. The summed E-state index contributed by atoms with van der Waals surface area (Å²) < 4.78 is 11.8. The lowest BCUT2D eigenvalue weighted by molar-refractivity contribution is -0.258. The van der Waals surface area contributed by atoms with Gasteiger partial charge in [-0.15, -0.1) is 0 Å². The Morgan fingerprint density at radius 1 is 1.05 bits per heavy atom. The van der Waals surface area contributed by atoms with Crippen molar-refractivity contribution in [2.24, 2.45) is 17.8 Å². The fourth-order valence-corrected chi connectivity index (χ4v) is 2.64. The van der Waals surface area contributed by atoms with Crippen LogP contribution in [0.25, 0.3) is 0 Å². The molecule has 0 saturated carbocycles. The van der Waals surface area contributed by atoms with Gasteiger partial charge in [0.05, 0.1) is 19.3 Å². The smallest absolute Gasteiger partial charge is 0.161 e. The minimum Gasteiger partial charge on any atom is -0.394 e. The van der Waals surface area contributed by atoms with Gasteiger partial charge in [0.2, 0.25) is 0 Å². The summed E-state index contributed by atoms with van der Waals surface area (Å²) in [6.45, 7) is 7.11. The van der Waals surface area contributed by atoms with Gasteiger partial charge in [0, 0.05) is 5.92 Å². The third kappa shape index (κ3) is 3.35. The van der Waals surface area contributed by atoms with Crippen LogP contribution in [0.4, 0.5) is 0 Å². The Kier molecular flexibility index (Phi) is 4.97. The van der Waals surface area contributed by atoms with Crippen molar-refractivity contribution in [2.45, 2.75) is 39.8 Å². The van der Waals surface area contributed by atoms with Gasteiger partial charge in [0.15, 0.2) is 6.29 Å². The first-order valence-corrected chi connectivity index (χ1v) is 7.05. The molecule has 5 atom stereocenters. The maximum atomic E-state index is 9.39. The number of ether oxygens (including phenoxy) is 2. The van der Waals surface area contributed by atoms with Crippen LogP contribution in [0.2, 0.25) is 0 Å². The molecule has 1 fully saturated rings. The Balaban J connectivity index is 1.95. The third-order valence-corrected chi connectivity index (χ3v) is 4.42. The lowest BCUT2D eigenvalue weighted by Gasteiger charge is -2.42. The maximum absolute atomic E-state index is 9.39. The summed E-state index contributed by atoms with van der Waals surface area (Å²) in [5, 5.41) is 9.39. The van der Waals surface area contributed by atoms with Gasteiger partial charge in [-0.05, 0) is 17.4 Å². The van der Waals surface area contributed by atoms with Crippen molar-refractivity contribution >= 4 is 0 Å². The number of hydrogen-bond acceptors (Lipinski definition) is 3. The Labute approximate surface area is 115 Å². The first-order chi connectivity index (χ1) is 9.13. The van der Waals surface area contributed by atoms with Gasteiger partial charge >= 0.3 is 0 Å². The predicted molar refractivity (Wildman–Crippen MR) is 74.5 cm³/mol. The van der Waals surface area contributed by atoms with Crippen LogP contribution in [0, 0.1) is 17.8 Å². The van der Waals surface area contributed by atoms with Crippen LogP contribution in [-0.4, -0.2) is 24.1 Å². The van der Waals surface area contributed by atoms with Crippen LogP contribution in [-0.2, 0) is 16.1 Å². The summed E-state index contributed by atoms with van der Waals surface area (Å²) in [7, 11) is 0. The second-order valence-corrected chi connectivity index (χ2v) is 5.60. The van der Waals surface area contributed by atoms with Crippen molar-refractivity contribution in [1.82, 2.24) is 0 Å². The SMILES string of the molecule is CC1[C@@H](OCc2ccccc2)OC(CO)[C@@H](C)[C@@H]1C. The topological polar surface area (TPSA) is 38.7 Å². The van der Waals surface area contributed by atoms with Crippen LogP contribution in [0.1, 0.15) is 26.3 Å². The lowest BCUT2D eigenvalue weighted by Crippen LogP contribution is -2.47. The monoisotopic (exact) mass is 264 g/mol. The first kappa shape index (κ1) is 14.5. The highest BCUT2D eigenvalue weighted by atomic mass is 16.7. The van der Waals surface area contributed by atoms with Crippen LogP contribution in [0.15, 0.2) is 30.3 Å². The lowest BCUT2D eigenvalue weighted by atomic mass is 9.79. The van der Waals surface area contributed by atoms with E-state index in [9.17, 15) is 5.11 Å². The maximum Gasteiger partial charge on any atom is 0.161 e. The minimum atomic E-state index is -0.233. The predicted octanol–water partition coefficient (Wildman–Crippen LogP) is 2.83. The largest absolute Gasteiger partial charge is 0.394 e. The molecule has 1 aromatic rings. The molecule has 2 rings (SSSR count). The van der Waals surface area contributed by atoms with E-state index in [2.05, 4.69) is 20.8 Å². The average molecular weight is 264 g/mol. The number of aliphatic hydroxyl groups excluding tert-OH is 1. The van der Waals surface area contributed by atoms with Gasteiger partial charge in [0.1, 0.15) is 0 Å². The number of benzene rings is 1. The molecule has 1 aromatic carbocycles. The minimum absolute atomic E-state index is 0.0590.